The molecule has 0 unspecified atom stereocenters. The van der Waals surface area contributed by atoms with E-state index in [4.69, 9.17) is 28.9 Å². The maximum Gasteiger partial charge on any atom is 0.374 e. The molecule has 0 spiro atoms. The summed E-state index contributed by atoms with van der Waals surface area (Å²) < 4.78 is 1.69. The second kappa shape index (κ2) is 4.68. The van der Waals surface area contributed by atoms with Gasteiger partial charge in [-0.25, -0.2) is 4.79 Å². The topological polar surface area (TPSA) is 70.9 Å². The van der Waals surface area contributed by atoms with Crippen LogP contribution in [0.1, 0.15) is 16.2 Å². The molecule has 1 aromatic carbocycles. The normalized spacial score (nSPS) is 10.4. The SMILES string of the molecule is O=C(O)c1n[nH]c(=S)n1Cc1ccc(Cl)cc1. The Morgan fingerprint density at radius 2 is 2.12 bits per heavy atom. The lowest BCUT2D eigenvalue weighted by Gasteiger charge is -2.04. The molecular formula is C10H8ClN3O2S. The van der Waals surface area contributed by atoms with Crippen LogP contribution < -0.4 is 0 Å². The zero-order valence-corrected chi connectivity index (χ0v) is 10.1. The van der Waals surface area contributed by atoms with E-state index in [0.29, 0.717) is 11.6 Å². The summed E-state index contributed by atoms with van der Waals surface area (Å²) in [6.45, 7) is 0.341. The summed E-state index contributed by atoms with van der Waals surface area (Å²) in [4.78, 5) is 10.9. The number of aromatic nitrogens is 3. The third kappa shape index (κ3) is 2.54. The highest BCUT2D eigenvalue weighted by Gasteiger charge is 2.13. The number of H-pyrrole nitrogens is 1. The molecule has 1 heterocycles. The number of rotatable bonds is 3. The van der Waals surface area contributed by atoms with Crippen LogP contribution in [0.3, 0.4) is 0 Å². The van der Waals surface area contributed by atoms with Crippen LogP contribution in [0.15, 0.2) is 24.3 Å². The highest BCUT2D eigenvalue weighted by molar-refractivity contribution is 7.71. The largest absolute Gasteiger partial charge is 0.475 e. The molecule has 0 aliphatic heterocycles. The van der Waals surface area contributed by atoms with E-state index in [1.807, 2.05) is 12.1 Å². The summed E-state index contributed by atoms with van der Waals surface area (Å²) in [6, 6.07) is 7.09. The summed E-state index contributed by atoms with van der Waals surface area (Å²) in [5, 5.41) is 15.7. The van der Waals surface area contributed by atoms with Crippen LogP contribution in [0.5, 0.6) is 0 Å². The summed E-state index contributed by atoms with van der Waals surface area (Å²) >= 11 is 10.7. The van der Waals surface area contributed by atoms with Crippen LogP contribution in [-0.2, 0) is 6.54 Å². The molecule has 2 rings (SSSR count). The van der Waals surface area contributed by atoms with Crippen molar-refractivity contribution in [3.8, 4) is 0 Å². The van der Waals surface area contributed by atoms with Gasteiger partial charge in [0.15, 0.2) is 4.77 Å². The average molecular weight is 270 g/mol. The van der Waals surface area contributed by atoms with Crippen molar-refractivity contribution in [3.05, 3.63) is 45.4 Å². The van der Waals surface area contributed by atoms with Crippen molar-refractivity contribution in [2.75, 3.05) is 0 Å². The number of carboxylic acids is 1. The summed E-state index contributed by atoms with van der Waals surface area (Å²) in [5.41, 5.74) is 0.898. The zero-order chi connectivity index (χ0) is 12.4. The van der Waals surface area contributed by atoms with E-state index in [1.165, 1.54) is 4.57 Å². The molecule has 7 heteroatoms. The standard InChI is InChI=1S/C10H8ClN3O2S/c11-7-3-1-6(2-4-7)5-14-8(9(15)16)12-13-10(14)17/h1-4H,5H2,(H,13,17)(H,15,16). The minimum absolute atomic E-state index is 0.107. The number of nitrogens with one attached hydrogen (secondary N) is 1. The summed E-state index contributed by atoms with van der Waals surface area (Å²) in [7, 11) is 0. The van der Waals surface area contributed by atoms with Crippen LogP contribution in [-0.4, -0.2) is 25.8 Å². The fourth-order valence-electron chi connectivity index (χ4n) is 1.40. The van der Waals surface area contributed by atoms with Crippen molar-refractivity contribution in [3.63, 3.8) is 0 Å². The second-order valence-electron chi connectivity index (χ2n) is 3.37. The van der Waals surface area contributed by atoms with E-state index in [1.54, 1.807) is 12.1 Å². The fourth-order valence-corrected chi connectivity index (χ4v) is 1.72. The lowest BCUT2D eigenvalue weighted by Crippen LogP contribution is -2.10. The monoisotopic (exact) mass is 269 g/mol. The van der Waals surface area contributed by atoms with Gasteiger partial charge >= 0.3 is 5.97 Å². The number of aromatic carboxylic acids is 1. The molecular weight excluding hydrogens is 262 g/mol. The van der Waals surface area contributed by atoms with Gasteiger partial charge in [0.1, 0.15) is 0 Å². The first kappa shape index (κ1) is 11.8. The number of nitrogens with zero attached hydrogens (tertiary/aromatic N) is 2. The third-order valence-corrected chi connectivity index (χ3v) is 2.77. The number of hydrogen-bond donors (Lipinski definition) is 2. The lowest BCUT2D eigenvalue weighted by atomic mass is 10.2. The van der Waals surface area contributed by atoms with Crippen LogP contribution in [0, 0.1) is 4.77 Å². The minimum Gasteiger partial charge on any atom is -0.475 e. The first-order chi connectivity index (χ1) is 8.08. The van der Waals surface area contributed by atoms with E-state index in [0.717, 1.165) is 5.56 Å². The molecule has 0 atom stereocenters. The van der Waals surface area contributed by atoms with Crippen molar-refractivity contribution in [1.29, 1.82) is 0 Å². The Kier molecular flexibility index (Phi) is 3.26. The van der Waals surface area contributed by atoms with Crippen LogP contribution in [0.25, 0.3) is 0 Å². The Morgan fingerprint density at radius 1 is 1.47 bits per heavy atom. The molecule has 0 aliphatic rings. The fraction of sp³-hybridized carbons (Fsp3) is 0.100. The quantitative estimate of drug-likeness (QED) is 0.839. The Hall–Kier alpha value is -1.66. The predicted molar refractivity (Wildman–Crippen MR) is 64.9 cm³/mol. The number of aromatic amines is 1. The van der Waals surface area contributed by atoms with Crippen LogP contribution >= 0.6 is 23.8 Å². The molecule has 0 fully saturated rings. The molecule has 0 bridgehead atoms. The van der Waals surface area contributed by atoms with Gasteiger partial charge in [-0.15, -0.1) is 5.10 Å². The maximum absolute atomic E-state index is 10.9. The van der Waals surface area contributed by atoms with E-state index >= 15 is 0 Å². The van der Waals surface area contributed by atoms with Crippen molar-refractivity contribution >= 4 is 29.8 Å². The third-order valence-electron chi connectivity index (χ3n) is 2.20. The van der Waals surface area contributed by atoms with E-state index in [9.17, 15) is 4.79 Å². The molecule has 2 aromatic rings. The first-order valence-corrected chi connectivity index (χ1v) is 5.49. The Bertz CT molecular complexity index is 603. The number of hydrogen-bond acceptors (Lipinski definition) is 3. The van der Waals surface area contributed by atoms with Gasteiger partial charge in [-0.05, 0) is 29.9 Å². The Morgan fingerprint density at radius 3 is 2.71 bits per heavy atom. The van der Waals surface area contributed by atoms with Crippen molar-refractivity contribution < 1.29 is 9.90 Å². The van der Waals surface area contributed by atoms with Crippen LogP contribution in [0.4, 0.5) is 0 Å². The minimum atomic E-state index is -1.12. The smallest absolute Gasteiger partial charge is 0.374 e. The highest BCUT2D eigenvalue weighted by Crippen LogP contribution is 2.11. The van der Waals surface area contributed by atoms with E-state index in [-0.39, 0.29) is 10.6 Å². The first-order valence-electron chi connectivity index (χ1n) is 4.71. The van der Waals surface area contributed by atoms with Gasteiger partial charge in [0.2, 0.25) is 5.82 Å². The highest BCUT2D eigenvalue weighted by atomic mass is 35.5. The molecule has 1 aromatic heterocycles. The number of halogens is 1. The van der Waals surface area contributed by atoms with E-state index < -0.39 is 5.97 Å². The van der Waals surface area contributed by atoms with Gasteiger partial charge in [-0.3, -0.25) is 9.67 Å². The molecule has 0 radical (unpaired) electrons. The summed E-state index contributed by atoms with van der Waals surface area (Å²) in [6.07, 6.45) is 0. The molecule has 17 heavy (non-hydrogen) atoms. The molecule has 0 amide bonds. The molecule has 0 aliphatic carbocycles. The van der Waals surface area contributed by atoms with Gasteiger partial charge in [0.25, 0.3) is 0 Å². The van der Waals surface area contributed by atoms with Gasteiger partial charge in [-0.1, -0.05) is 23.7 Å². The van der Waals surface area contributed by atoms with Gasteiger partial charge < -0.3 is 5.11 Å². The van der Waals surface area contributed by atoms with Crippen LogP contribution in [0.2, 0.25) is 5.02 Å². The Balaban J connectivity index is 2.36. The number of carbonyl (C=O) groups is 1. The zero-order valence-electron chi connectivity index (χ0n) is 8.55. The van der Waals surface area contributed by atoms with Gasteiger partial charge in [0.05, 0.1) is 6.54 Å². The van der Waals surface area contributed by atoms with Gasteiger partial charge in [-0.2, -0.15) is 0 Å². The lowest BCUT2D eigenvalue weighted by molar-refractivity contribution is 0.0678. The molecule has 2 N–H and O–H groups in total. The van der Waals surface area contributed by atoms with Crippen molar-refractivity contribution in [2.45, 2.75) is 6.54 Å². The average Bonchev–Trinajstić information content (AvgIpc) is 2.64. The maximum atomic E-state index is 10.9. The number of benzene rings is 1. The van der Waals surface area contributed by atoms with Gasteiger partial charge in [0, 0.05) is 5.02 Å². The Labute approximate surface area is 107 Å². The number of carboxylic acid groups (broad SMARTS) is 1. The second-order valence-corrected chi connectivity index (χ2v) is 4.19. The van der Waals surface area contributed by atoms with Crippen molar-refractivity contribution in [2.24, 2.45) is 0 Å². The molecule has 0 saturated heterocycles. The predicted octanol–water partition coefficient (Wildman–Crippen LogP) is 2.34. The molecule has 5 nitrogen and oxygen atoms in total. The van der Waals surface area contributed by atoms with E-state index in [2.05, 4.69) is 10.2 Å². The molecule has 0 saturated carbocycles. The van der Waals surface area contributed by atoms with Crippen molar-refractivity contribution in [1.82, 2.24) is 14.8 Å². The molecule has 88 valence electrons. The summed E-state index contributed by atoms with van der Waals surface area (Å²) in [5.74, 6) is -1.23.